The van der Waals surface area contributed by atoms with Crippen LogP contribution in [0.1, 0.15) is 31.0 Å². The van der Waals surface area contributed by atoms with Crippen molar-refractivity contribution in [2.75, 3.05) is 32.8 Å². The summed E-state index contributed by atoms with van der Waals surface area (Å²) in [5.74, 6) is 4.32. The second-order valence-electron chi connectivity index (χ2n) is 4.94. The van der Waals surface area contributed by atoms with Gasteiger partial charge in [0, 0.05) is 0 Å². The first-order valence-electron chi connectivity index (χ1n) is 6.98. The van der Waals surface area contributed by atoms with Crippen LogP contribution in [0.15, 0.2) is 6.20 Å². The van der Waals surface area contributed by atoms with Gasteiger partial charge in [-0.05, 0) is 43.7 Å². The standard InChI is InChI=1S/C14H23N3O2S/c1-15-11(8-10-4-6-20-7-5-10)13-14(19-3)17-12(18-2)9-16-13/h9-11,15H,4-8H2,1-3H3. The van der Waals surface area contributed by atoms with Crippen LogP contribution in [0.4, 0.5) is 0 Å². The third kappa shape index (κ3) is 3.76. The third-order valence-electron chi connectivity index (χ3n) is 3.74. The number of methoxy groups -OCH3 is 2. The monoisotopic (exact) mass is 297 g/mol. The molecule has 2 rings (SSSR count). The number of aromatic nitrogens is 2. The number of nitrogens with one attached hydrogen (secondary N) is 1. The maximum Gasteiger partial charge on any atom is 0.240 e. The van der Waals surface area contributed by atoms with Gasteiger partial charge in [-0.25, -0.2) is 4.98 Å². The summed E-state index contributed by atoms with van der Waals surface area (Å²) in [5.41, 5.74) is 0.869. The van der Waals surface area contributed by atoms with Crippen molar-refractivity contribution >= 4 is 11.8 Å². The number of ether oxygens (including phenoxy) is 2. The first-order valence-corrected chi connectivity index (χ1v) is 8.13. The minimum Gasteiger partial charge on any atom is -0.480 e. The highest BCUT2D eigenvalue weighted by molar-refractivity contribution is 7.99. The molecule has 1 saturated heterocycles. The quantitative estimate of drug-likeness (QED) is 0.869. The maximum atomic E-state index is 5.36. The Morgan fingerprint density at radius 2 is 2.10 bits per heavy atom. The van der Waals surface area contributed by atoms with Crippen molar-refractivity contribution in [3.05, 3.63) is 11.9 Å². The summed E-state index contributed by atoms with van der Waals surface area (Å²) < 4.78 is 10.5. The first-order chi connectivity index (χ1) is 9.78. The molecule has 1 atom stereocenters. The summed E-state index contributed by atoms with van der Waals surface area (Å²) in [6.07, 6.45) is 5.30. The average molecular weight is 297 g/mol. The molecule has 1 unspecified atom stereocenters. The number of hydrogen-bond acceptors (Lipinski definition) is 6. The van der Waals surface area contributed by atoms with E-state index in [4.69, 9.17) is 9.47 Å². The topological polar surface area (TPSA) is 56.3 Å². The van der Waals surface area contributed by atoms with E-state index in [0.29, 0.717) is 11.8 Å². The molecule has 112 valence electrons. The van der Waals surface area contributed by atoms with Crippen LogP contribution < -0.4 is 14.8 Å². The number of thioether (sulfide) groups is 1. The van der Waals surface area contributed by atoms with Crippen molar-refractivity contribution in [2.45, 2.75) is 25.3 Å². The van der Waals surface area contributed by atoms with Crippen LogP contribution in [0, 0.1) is 5.92 Å². The zero-order valence-corrected chi connectivity index (χ0v) is 13.2. The van der Waals surface area contributed by atoms with Crippen LogP contribution in [-0.2, 0) is 0 Å². The third-order valence-corrected chi connectivity index (χ3v) is 4.78. The van der Waals surface area contributed by atoms with Gasteiger partial charge < -0.3 is 14.8 Å². The first kappa shape index (κ1) is 15.4. The molecule has 5 nitrogen and oxygen atoms in total. The van der Waals surface area contributed by atoms with Crippen molar-refractivity contribution < 1.29 is 9.47 Å². The molecule has 0 spiro atoms. The largest absolute Gasteiger partial charge is 0.480 e. The molecule has 0 aromatic carbocycles. The van der Waals surface area contributed by atoms with Crippen LogP contribution in [0.25, 0.3) is 0 Å². The van der Waals surface area contributed by atoms with Gasteiger partial charge in [0.25, 0.3) is 0 Å². The van der Waals surface area contributed by atoms with E-state index < -0.39 is 0 Å². The van der Waals surface area contributed by atoms with E-state index in [1.807, 2.05) is 7.05 Å². The Morgan fingerprint density at radius 3 is 2.70 bits per heavy atom. The highest BCUT2D eigenvalue weighted by Crippen LogP contribution is 2.33. The Labute approximate surface area is 124 Å². The highest BCUT2D eigenvalue weighted by atomic mass is 32.2. The fraction of sp³-hybridized carbons (Fsp3) is 0.714. The van der Waals surface area contributed by atoms with Crippen LogP contribution in [-0.4, -0.2) is 42.7 Å². The molecule has 2 heterocycles. The molecule has 0 aliphatic carbocycles. The van der Waals surface area contributed by atoms with Gasteiger partial charge >= 0.3 is 0 Å². The van der Waals surface area contributed by atoms with E-state index >= 15 is 0 Å². The lowest BCUT2D eigenvalue weighted by Crippen LogP contribution is -2.23. The Morgan fingerprint density at radius 1 is 1.35 bits per heavy atom. The fourth-order valence-electron chi connectivity index (χ4n) is 2.54. The van der Waals surface area contributed by atoms with E-state index in [1.165, 1.54) is 24.3 Å². The van der Waals surface area contributed by atoms with Crippen LogP contribution in [0.5, 0.6) is 11.8 Å². The Hall–Kier alpha value is -1.01. The van der Waals surface area contributed by atoms with Crippen LogP contribution >= 0.6 is 11.8 Å². The van der Waals surface area contributed by atoms with Crippen molar-refractivity contribution in [1.29, 1.82) is 0 Å². The molecule has 1 aliphatic heterocycles. The molecule has 1 aromatic rings. The predicted octanol–water partition coefficient (Wildman–Crippen LogP) is 2.29. The smallest absolute Gasteiger partial charge is 0.240 e. The molecule has 0 saturated carbocycles. The lowest BCUT2D eigenvalue weighted by molar-refractivity contribution is 0.334. The van der Waals surface area contributed by atoms with E-state index in [-0.39, 0.29) is 6.04 Å². The summed E-state index contributed by atoms with van der Waals surface area (Å²) >= 11 is 2.05. The van der Waals surface area contributed by atoms with Gasteiger partial charge in [-0.2, -0.15) is 16.7 Å². The van der Waals surface area contributed by atoms with E-state index in [1.54, 1.807) is 20.4 Å². The Bertz CT molecular complexity index is 425. The van der Waals surface area contributed by atoms with Crippen molar-refractivity contribution in [2.24, 2.45) is 5.92 Å². The van der Waals surface area contributed by atoms with Crippen LogP contribution in [0.2, 0.25) is 0 Å². The Balaban J connectivity index is 2.13. The van der Waals surface area contributed by atoms with Crippen molar-refractivity contribution in [1.82, 2.24) is 15.3 Å². The zero-order valence-electron chi connectivity index (χ0n) is 12.4. The SMILES string of the molecule is CNC(CC1CCSCC1)c1ncc(OC)nc1OC. The molecule has 0 radical (unpaired) electrons. The molecule has 1 N–H and O–H groups in total. The normalized spacial score (nSPS) is 17.8. The van der Waals surface area contributed by atoms with E-state index in [9.17, 15) is 0 Å². The minimum atomic E-state index is 0.177. The summed E-state index contributed by atoms with van der Waals surface area (Å²) in [5, 5.41) is 3.35. The molecule has 1 fully saturated rings. The van der Waals surface area contributed by atoms with Gasteiger partial charge in [-0.3, -0.25) is 0 Å². The fourth-order valence-corrected chi connectivity index (χ4v) is 3.74. The number of rotatable bonds is 6. The lowest BCUT2D eigenvalue weighted by atomic mass is 9.93. The predicted molar refractivity (Wildman–Crippen MR) is 81.6 cm³/mol. The maximum absolute atomic E-state index is 5.36. The second kappa shape index (κ2) is 7.69. The highest BCUT2D eigenvalue weighted by Gasteiger charge is 2.23. The van der Waals surface area contributed by atoms with E-state index in [0.717, 1.165) is 18.0 Å². The molecule has 20 heavy (non-hydrogen) atoms. The average Bonchev–Trinajstić information content (AvgIpc) is 2.53. The van der Waals surface area contributed by atoms with Gasteiger partial charge in [0.05, 0.1) is 26.5 Å². The van der Waals surface area contributed by atoms with Crippen molar-refractivity contribution in [3.63, 3.8) is 0 Å². The molecule has 0 amide bonds. The van der Waals surface area contributed by atoms with Crippen molar-refractivity contribution in [3.8, 4) is 11.8 Å². The van der Waals surface area contributed by atoms with Gasteiger partial charge in [0.2, 0.25) is 11.8 Å². The van der Waals surface area contributed by atoms with Gasteiger partial charge in [0.15, 0.2) is 0 Å². The molecular weight excluding hydrogens is 274 g/mol. The molecule has 1 aromatic heterocycles. The second-order valence-corrected chi connectivity index (χ2v) is 6.16. The van der Waals surface area contributed by atoms with Gasteiger partial charge in [-0.15, -0.1) is 0 Å². The molecule has 6 heteroatoms. The Kier molecular flexibility index (Phi) is 5.91. The van der Waals surface area contributed by atoms with Gasteiger partial charge in [-0.1, -0.05) is 0 Å². The lowest BCUT2D eigenvalue weighted by Gasteiger charge is -2.26. The summed E-state index contributed by atoms with van der Waals surface area (Å²) in [6.45, 7) is 0. The van der Waals surface area contributed by atoms with E-state index in [2.05, 4.69) is 27.0 Å². The number of hydrogen-bond donors (Lipinski definition) is 1. The summed E-state index contributed by atoms with van der Waals surface area (Å²) in [4.78, 5) is 8.80. The zero-order chi connectivity index (χ0) is 14.4. The van der Waals surface area contributed by atoms with Crippen LogP contribution in [0.3, 0.4) is 0 Å². The molecule has 0 bridgehead atoms. The van der Waals surface area contributed by atoms with Gasteiger partial charge in [0.1, 0.15) is 5.69 Å². The molecule has 1 aliphatic rings. The minimum absolute atomic E-state index is 0.177. The molecular formula is C14H23N3O2S. The summed E-state index contributed by atoms with van der Waals surface area (Å²) in [7, 11) is 5.17. The number of nitrogens with zero attached hydrogens (tertiary/aromatic N) is 2. The summed E-state index contributed by atoms with van der Waals surface area (Å²) in [6, 6.07) is 0.177.